The Hall–Kier alpha value is -0.194. The molecule has 0 saturated carbocycles. The first kappa shape index (κ1) is 33.0. The maximum atomic E-state index is 10.8. The van der Waals surface area contributed by atoms with E-state index < -0.39 is 24.1 Å². The number of rotatable bonds is 18. The van der Waals surface area contributed by atoms with Crippen molar-refractivity contribution in [3.05, 3.63) is 48.6 Å². The summed E-state index contributed by atoms with van der Waals surface area (Å²) in [6, 6.07) is -1.12. The van der Waals surface area contributed by atoms with E-state index in [1.807, 2.05) is 24.3 Å². The van der Waals surface area contributed by atoms with Gasteiger partial charge in [-0.05, 0) is 32.1 Å². The van der Waals surface area contributed by atoms with Crippen molar-refractivity contribution in [1.29, 1.82) is 0 Å². The van der Waals surface area contributed by atoms with Crippen LogP contribution >= 0.6 is 11.8 Å². The van der Waals surface area contributed by atoms with Gasteiger partial charge in [0.25, 0.3) is 0 Å². The Balaban J connectivity index is 0. The van der Waals surface area contributed by atoms with Crippen molar-refractivity contribution in [3.8, 4) is 0 Å². The van der Waals surface area contributed by atoms with Gasteiger partial charge in [-0.2, -0.15) is 0 Å². The Labute approximate surface area is 233 Å². The minimum atomic E-state index is -1.34. The zero-order chi connectivity index (χ0) is 22.6. The molecule has 0 aliphatic heterocycles. The molecule has 0 rings (SSSR count). The van der Waals surface area contributed by atoms with E-state index in [0.717, 1.165) is 12.8 Å². The number of carbonyl (C=O) groups excluding carboxylic acids is 1. The van der Waals surface area contributed by atoms with Crippen molar-refractivity contribution >= 4 is 23.7 Å². The molecule has 6 nitrogen and oxygen atoms in total. The Morgan fingerprint density at radius 1 is 1.06 bits per heavy atom. The number of aliphatic hydroxyl groups excluding tert-OH is 1. The molecule has 8 heteroatoms. The fourth-order valence-corrected chi connectivity index (χ4v) is 3.59. The van der Waals surface area contributed by atoms with Crippen molar-refractivity contribution in [1.82, 2.24) is 0 Å². The Kier molecular flexibility index (Phi) is 24.5. The molecule has 31 heavy (non-hydrogen) atoms. The van der Waals surface area contributed by atoms with E-state index in [9.17, 15) is 19.8 Å². The monoisotopic (exact) mass is 477 g/mol. The van der Waals surface area contributed by atoms with Crippen LogP contribution in [0.25, 0.3) is 0 Å². The summed E-state index contributed by atoms with van der Waals surface area (Å²) in [6.07, 6.45) is 21.2. The first-order valence-corrected chi connectivity index (χ1v) is 11.6. The molecule has 0 bridgehead atoms. The predicted octanol–water partition coefficient (Wildman–Crippen LogP) is -0.0196. The van der Waals surface area contributed by atoms with Crippen molar-refractivity contribution < 1.29 is 76.3 Å². The van der Waals surface area contributed by atoms with Crippen LogP contribution in [0.15, 0.2) is 48.6 Å². The number of carboxylic acid groups (broad SMARTS) is 2. The van der Waals surface area contributed by atoms with Gasteiger partial charge in [-0.3, -0.25) is 4.79 Å². The second kappa shape index (κ2) is 23.0. The average molecular weight is 478 g/mol. The first-order valence-electron chi connectivity index (χ1n) is 10.5. The minimum absolute atomic E-state index is 0. The van der Waals surface area contributed by atoms with Crippen LogP contribution < -0.4 is 62.2 Å². The third kappa shape index (κ3) is 21.4. The Morgan fingerprint density at radius 3 is 2.42 bits per heavy atom. The van der Waals surface area contributed by atoms with Crippen molar-refractivity contribution in [3.63, 3.8) is 0 Å². The SMILES string of the molecule is CCCCC/C=C\C\C=C/C=C/C=C/[C@@H](SC[C@H](N)C(=O)[O-])[C@@H](O)CCCC(=O)O.[K+]. The molecular formula is C23H36KNO5S. The topological polar surface area (TPSA) is 124 Å². The third-order valence-corrected chi connectivity index (χ3v) is 5.63. The molecule has 4 N–H and O–H groups in total. The van der Waals surface area contributed by atoms with Gasteiger partial charge in [-0.1, -0.05) is 68.4 Å². The van der Waals surface area contributed by atoms with E-state index in [4.69, 9.17) is 10.8 Å². The molecule has 0 heterocycles. The maximum absolute atomic E-state index is 10.8. The Bertz CT molecular complexity index is 593. The fraction of sp³-hybridized carbons (Fsp3) is 0.565. The molecular weight excluding hydrogens is 441 g/mol. The molecule has 0 amide bonds. The van der Waals surface area contributed by atoms with Gasteiger partial charge in [0, 0.05) is 17.4 Å². The quantitative estimate of drug-likeness (QED) is 0.110. The average Bonchev–Trinajstić information content (AvgIpc) is 2.70. The van der Waals surface area contributed by atoms with Gasteiger partial charge in [0.15, 0.2) is 0 Å². The van der Waals surface area contributed by atoms with Crippen LogP contribution in [0.3, 0.4) is 0 Å². The van der Waals surface area contributed by atoms with Crippen LogP contribution in [0.1, 0.15) is 58.3 Å². The van der Waals surface area contributed by atoms with Crippen LogP contribution in [-0.4, -0.2) is 45.3 Å². The molecule has 0 aliphatic carbocycles. The Morgan fingerprint density at radius 2 is 1.77 bits per heavy atom. The molecule has 0 aliphatic rings. The number of allylic oxidation sites excluding steroid dienone is 7. The van der Waals surface area contributed by atoms with Crippen molar-refractivity contribution in [2.24, 2.45) is 5.73 Å². The standard InChI is InChI=1S/C23H37NO5S.K/c1-2-3-4-5-6-7-8-9-10-11-12-13-16-21(30-18-19(24)23(28)29)20(25)15-14-17-22(26)27;/h6-7,9-13,16,19-21,25H,2-5,8,14-15,17-18,24H2,1H3,(H,26,27)(H,28,29);/q;+1/p-1/b7-6-,10-9-,12-11+,16-13+;/t19-,20-,21+;/m0./s1. The van der Waals surface area contributed by atoms with Gasteiger partial charge < -0.3 is 25.8 Å². The first-order chi connectivity index (χ1) is 14.4. The van der Waals surface area contributed by atoms with Gasteiger partial charge in [-0.25, -0.2) is 0 Å². The molecule has 0 aromatic carbocycles. The van der Waals surface area contributed by atoms with E-state index in [0.29, 0.717) is 12.8 Å². The summed E-state index contributed by atoms with van der Waals surface area (Å²) in [4.78, 5) is 21.4. The number of unbranched alkanes of at least 4 members (excludes halogenated alkanes) is 3. The van der Waals surface area contributed by atoms with Crippen molar-refractivity contribution in [2.45, 2.75) is 75.7 Å². The number of hydrogen-bond acceptors (Lipinski definition) is 6. The molecule has 0 saturated heterocycles. The fourth-order valence-electron chi connectivity index (χ4n) is 2.47. The van der Waals surface area contributed by atoms with Gasteiger partial charge in [0.2, 0.25) is 0 Å². The molecule has 0 fully saturated rings. The number of hydrogen-bond donors (Lipinski definition) is 3. The van der Waals surface area contributed by atoms with Crippen molar-refractivity contribution in [2.75, 3.05) is 5.75 Å². The van der Waals surface area contributed by atoms with Gasteiger partial charge in [0.05, 0.1) is 18.1 Å². The number of nitrogens with two attached hydrogens (primary N) is 1. The number of carboxylic acids is 2. The molecule has 0 aromatic rings. The van der Waals surface area contributed by atoms with Gasteiger partial charge >= 0.3 is 57.4 Å². The van der Waals surface area contributed by atoms with E-state index in [-0.39, 0.29) is 68.8 Å². The van der Waals surface area contributed by atoms with E-state index in [1.54, 1.807) is 12.2 Å². The summed E-state index contributed by atoms with van der Waals surface area (Å²) in [5.74, 6) is -2.15. The van der Waals surface area contributed by atoms with E-state index >= 15 is 0 Å². The van der Waals surface area contributed by atoms with Crippen LogP contribution in [0, 0.1) is 0 Å². The number of carbonyl (C=O) groups is 2. The predicted molar refractivity (Wildman–Crippen MR) is 122 cm³/mol. The maximum Gasteiger partial charge on any atom is 1.00 e. The molecule has 170 valence electrons. The second-order valence-corrected chi connectivity index (χ2v) is 8.19. The third-order valence-electron chi connectivity index (χ3n) is 4.22. The summed E-state index contributed by atoms with van der Waals surface area (Å²) in [6.45, 7) is 2.19. The largest absolute Gasteiger partial charge is 1.00 e. The summed E-state index contributed by atoms with van der Waals surface area (Å²) in [7, 11) is 0. The normalized spacial score (nSPS) is 14.9. The van der Waals surface area contributed by atoms with E-state index in [1.165, 1.54) is 31.0 Å². The number of aliphatic carboxylic acids is 2. The summed E-state index contributed by atoms with van der Waals surface area (Å²) in [5.41, 5.74) is 5.48. The van der Waals surface area contributed by atoms with Gasteiger partial charge in [-0.15, -0.1) is 11.8 Å². The van der Waals surface area contributed by atoms with Crippen LogP contribution in [0.5, 0.6) is 0 Å². The zero-order valence-corrected chi connectivity index (χ0v) is 22.8. The zero-order valence-electron chi connectivity index (χ0n) is 18.8. The molecule has 0 spiro atoms. The summed E-state index contributed by atoms with van der Waals surface area (Å²) in [5, 5.41) is 29.5. The van der Waals surface area contributed by atoms with E-state index in [2.05, 4.69) is 19.1 Å². The molecule has 0 unspecified atom stereocenters. The van der Waals surface area contributed by atoms with Crippen LogP contribution in [0.4, 0.5) is 0 Å². The molecule has 0 radical (unpaired) electrons. The molecule has 3 atom stereocenters. The summed E-state index contributed by atoms with van der Waals surface area (Å²) >= 11 is 1.22. The number of thioether (sulfide) groups is 1. The second-order valence-electron chi connectivity index (χ2n) is 6.98. The van der Waals surface area contributed by atoms with Crippen LogP contribution in [0.2, 0.25) is 0 Å². The summed E-state index contributed by atoms with van der Waals surface area (Å²) < 4.78 is 0. The smallest absolute Gasteiger partial charge is 0.548 e. The van der Waals surface area contributed by atoms with Crippen LogP contribution in [-0.2, 0) is 9.59 Å². The van der Waals surface area contributed by atoms with Gasteiger partial charge in [0.1, 0.15) is 0 Å². The minimum Gasteiger partial charge on any atom is -0.548 e. The molecule has 0 aromatic heterocycles. The number of aliphatic hydroxyl groups is 1.